The minimum atomic E-state index is 0.737. The van der Waals surface area contributed by atoms with Gasteiger partial charge in [0.05, 0.1) is 0 Å². The van der Waals surface area contributed by atoms with Gasteiger partial charge < -0.3 is 10.6 Å². The van der Waals surface area contributed by atoms with Gasteiger partial charge in [0.25, 0.3) is 0 Å². The topological polar surface area (TPSA) is 29.3 Å². The molecule has 1 saturated carbocycles. The van der Waals surface area contributed by atoms with E-state index in [4.69, 9.17) is 5.73 Å². The summed E-state index contributed by atoms with van der Waals surface area (Å²) in [5, 5.41) is 0. The van der Waals surface area contributed by atoms with Crippen molar-refractivity contribution in [1.82, 2.24) is 4.90 Å². The van der Waals surface area contributed by atoms with E-state index in [2.05, 4.69) is 36.2 Å². The Morgan fingerprint density at radius 1 is 1.19 bits per heavy atom. The molecule has 16 heavy (non-hydrogen) atoms. The van der Waals surface area contributed by atoms with Crippen LogP contribution in [0.4, 0.5) is 0 Å². The highest BCUT2D eigenvalue weighted by atomic mass is 15.1. The van der Waals surface area contributed by atoms with E-state index in [1.54, 1.807) is 0 Å². The molecule has 1 aromatic rings. The molecule has 1 aliphatic carbocycles. The first kappa shape index (κ1) is 11.6. The number of nitrogens with two attached hydrogens (primary N) is 1. The van der Waals surface area contributed by atoms with Gasteiger partial charge in [-0.1, -0.05) is 24.3 Å². The van der Waals surface area contributed by atoms with Gasteiger partial charge in [0.15, 0.2) is 0 Å². The van der Waals surface area contributed by atoms with E-state index in [1.807, 2.05) is 0 Å². The van der Waals surface area contributed by atoms with Crippen LogP contribution < -0.4 is 5.73 Å². The zero-order chi connectivity index (χ0) is 11.4. The molecular weight excluding hydrogens is 196 g/mol. The van der Waals surface area contributed by atoms with Gasteiger partial charge in [-0.2, -0.15) is 0 Å². The Hall–Kier alpha value is -0.860. The fourth-order valence-corrected chi connectivity index (χ4v) is 2.10. The molecular formula is C14H22N2. The normalized spacial score (nSPS) is 15.7. The lowest BCUT2D eigenvalue weighted by molar-refractivity contribution is 0.313. The second-order valence-electron chi connectivity index (χ2n) is 5.00. The van der Waals surface area contributed by atoms with Crippen molar-refractivity contribution in [3.05, 3.63) is 35.4 Å². The Morgan fingerprint density at radius 3 is 2.38 bits per heavy atom. The monoisotopic (exact) mass is 218 g/mol. The Bertz CT molecular complexity index is 314. The van der Waals surface area contributed by atoms with Crippen LogP contribution >= 0.6 is 0 Å². The maximum absolute atomic E-state index is 5.53. The van der Waals surface area contributed by atoms with Gasteiger partial charge in [-0.15, -0.1) is 0 Å². The SMILES string of the molecule is CN(Cc1ccc(CCN)cc1)CC1CC1. The second kappa shape index (κ2) is 5.46. The van der Waals surface area contributed by atoms with Crippen molar-refractivity contribution in [3.63, 3.8) is 0 Å². The van der Waals surface area contributed by atoms with Gasteiger partial charge in [0.1, 0.15) is 0 Å². The van der Waals surface area contributed by atoms with Crippen LogP contribution in [0.15, 0.2) is 24.3 Å². The minimum absolute atomic E-state index is 0.737. The molecule has 0 bridgehead atoms. The predicted molar refractivity (Wildman–Crippen MR) is 68.3 cm³/mol. The number of hydrogen-bond acceptors (Lipinski definition) is 2. The van der Waals surface area contributed by atoms with E-state index < -0.39 is 0 Å². The van der Waals surface area contributed by atoms with E-state index in [1.165, 1.54) is 30.5 Å². The lowest BCUT2D eigenvalue weighted by Crippen LogP contribution is -2.20. The van der Waals surface area contributed by atoms with Crippen molar-refractivity contribution >= 4 is 0 Å². The fourth-order valence-electron chi connectivity index (χ4n) is 2.10. The summed E-state index contributed by atoms with van der Waals surface area (Å²) in [4.78, 5) is 2.43. The summed E-state index contributed by atoms with van der Waals surface area (Å²) >= 11 is 0. The predicted octanol–water partition coefficient (Wildman–Crippen LogP) is 2.03. The maximum Gasteiger partial charge on any atom is 0.0230 e. The molecule has 0 saturated heterocycles. The molecule has 2 heteroatoms. The molecule has 0 spiro atoms. The summed E-state index contributed by atoms with van der Waals surface area (Å²) in [6.45, 7) is 3.06. The quantitative estimate of drug-likeness (QED) is 0.791. The van der Waals surface area contributed by atoms with Crippen molar-refractivity contribution in [2.45, 2.75) is 25.8 Å². The highest BCUT2D eigenvalue weighted by molar-refractivity contribution is 5.22. The average molecular weight is 218 g/mol. The molecule has 0 aromatic heterocycles. The minimum Gasteiger partial charge on any atom is -0.330 e. The maximum atomic E-state index is 5.53. The van der Waals surface area contributed by atoms with E-state index in [-0.39, 0.29) is 0 Å². The average Bonchev–Trinajstić information content (AvgIpc) is 3.05. The molecule has 2 nitrogen and oxygen atoms in total. The summed E-state index contributed by atoms with van der Waals surface area (Å²) in [6, 6.07) is 8.86. The van der Waals surface area contributed by atoms with Gasteiger partial charge in [0.2, 0.25) is 0 Å². The van der Waals surface area contributed by atoms with E-state index in [0.717, 1.165) is 25.4 Å². The third kappa shape index (κ3) is 3.62. The Kier molecular flexibility index (Phi) is 3.97. The van der Waals surface area contributed by atoms with Crippen molar-refractivity contribution in [3.8, 4) is 0 Å². The van der Waals surface area contributed by atoms with Crippen molar-refractivity contribution < 1.29 is 0 Å². The molecule has 2 N–H and O–H groups in total. The fraction of sp³-hybridized carbons (Fsp3) is 0.571. The number of hydrogen-bond donors (Lipinski definition) is 1. The largest absolute Gasteiger partial charge is 0.330 e. The summed E-state index contributed by atoms with van der Waals surface area (Å²) < 4.78 is 0. The zero-order valence-corrected chi connectivity index (χ0v) is 10.2. The Labute approximate surface area is 98.4 Å². The van der Waals surface area contributed by atoms with E-state index in [0.29, 0.717) is 0 Å². The van der Waals surface area contributed by atoms with Crippen LogP contribution in [0.25, 0.3) is 0 Å². The molecule has 0 unspecified atom stereocenters. The molecule has 2 rings (SSSR count). The van der Waals surface area contributed by atoms with E-state index in [9.17, 15) is 0 Å². The van der Waals surface area contributed by atoms with Crippen LogP contribution in [0.3, 0.4) is 0 Å². The lowest BCUT2D eigenvalue weighted by atomic mass is 10.1. The van der Waals surface area contributed by atoms with Crippen LogP contribution in [0.2, 0.25) is 0 Å². The summed E-state index contributed by atoms with van der Waals surface area (Å²) in [6.07, 6.45) is 3.84. The van der Waals surface area contributed by atoms with Crippen molar-refractivity contribution in [2.75, 3.05) is 20.1 Å². The molecule has 0 radical (unpaired) electrons. The lowest BCUT2D eigenvalue weighted by Gasteiger charge is -2.16. The van der Waals surface area contributed by atoms with Crippen LogP contribution in [-0.2, 0) is 13.0 Å². The van der Waals surface area contributed by atoms with Gasteiger partial charge in [-0.3, -0.25) is 0 Å². The Balaban J connectivity index is 1.83. The summed E-state index contributed by atoms with van der Waals surface area (Å²) in [5.74, 6) is 0.974. The second-order valence-corrected chi connectivity index (χ2v) is 5.00. The molecule has 1 aromatic carbocycles. The van der Waals surface area contributed by atoms with Crippen LogP contribution in [-0.4, -0.2) is 25.0 Å². The smallest absolute Gasteiger partial charge is 0.0230 e. The third-order valence-corrected chi connectivity index (χ3v) is 3.18. The van der Waals surface area contributed by atoms with Crippen LogP contribution in [0.5, 0.6) is 0 Å². The third-order valence-electron chi connectivity index (χ3n) is 3.18. The first-order chi connectivity index (χ1) is 7.78. The van der Waals surface area contributed by atoms with Gasteiger partial charge in [-0.05, 0) is 49.9 Å². The van der Waals surface area contributed by atoms with Gasteiger partial charge in [0, 0.05) is 13.1 Å². The highest BCUT2D eigenvalue weighted by Gasteiger charge is 2.22. The van der Waals surface area contributed by atoms with Gasteiger partial charge >= 0.3 is 0 Å². The molecule has 1 fully saturated rings. The van der Waals surface area contributed by atoms with Crippen LogP contribution in [0, 0.1) is 5.92 Å². The molecule has 1 aliphatic rings. The molecule has 88 valence electrons. The van der Waals surface area contributed by atoms with Crippen molar-refractivity contribution in [1.29, 1.82) is 0 Å². The van der Waals surface area contributed by atoms with Crippen molar-refractivity contribution in [2.24, 2.45) is 11.7 Å². The standard InChI is InChI=1S/C14H22N2/c1-16(11-14-6-7-14)10-13-4-2-12(3-5-13)8-9-15/h2-5,14H,6-11,15H2,1H3. The number of nitrogens with zero attached hydrogens (tertiary/aromatic N) is 1. The molecule has 0 heterocycles. The summed E-state index contributed by atoms with van der Waals surface area (Å²) in [5.41, 5.74) is 8.28. The van der Waals surface area contributed by atoms with Gasteiger partial charge in [-0.25, -0.2) is 0 Å². The number of benzene rings is 1. The number of rotatable bonds is 6. The first-order valence-corrected chi connectivity index (χ1v) is 6.24. The summed E-state index contributed by atoms with van der Waals surface area (Å²) in [7, 11) is 2.21. The van der Waals surface area contributed by atoms with E-state index >= 15 is 0 Å². The van der Waals surface area contributed by atoms with Crippen LogP contribution in [0.1, 0.15) is 24.0 Å². The molecule has 0 atom stereocenters. The molecule has 0 aliphatic heterocycles. The zero-order valence-electron chi connectivity index (χ0n) is 10.2. The first-order valence-electron chi connectivity index (χ1n) is 6.24. The Morgan fingerprint density at radius 2 is 1.81 bits per heavy atom. The highest BCUT2D eigenvalue weighted by Crippen LogP contribution is 2.29. The molecule has 0 amide bonds.